The number of aromatic nitrogens is 2. The third-order valence-corrected chi connectivity index (χ3v) is 3.82. The molecule has 0 fully saturated rings. The summed E-state index contributed by atoms with van der Waals surface area (Å²) < 4.78 is 20.0. The summed E-state index contributed by atoms with van der Waals surface area (Å²) >= 11 is 0. The molecule has 0 aliphatic heterocycles. The number of rotatable bonds is 4. The van der Waals surface area contributed by atoms with Crippen LogP contribution in [0.3, 0.4) is 0 Å². The second-order valence-corrected chi connectivity index (χ2v) is 5.50. The Hall–Kier alpha value is -3.22. The van der Waals surface area contributed by atoms with Gasteiger partial charge in [0.05, 0.1) is 18.0 Å². The third-order valence-electron chi connectivity index (χ3n) is 3.82. The van der Waals surface area contributed by atoms with Crippen molar-refractivity contribution >= 4 is 16.8 Å². The van der Waals surface area contributed by atoms with E-state index in [0.717, 1.165) is 11.6 Å². The van der Waals surface area contributed by atoms with E-state index in [1.165, 1.54) is 16.8 Å². The fourth-order valence-electron chi connectivity index (χ4n) is 2.55. The molecule has 0 saturated heterocycles. The normalized spacial score (nSPS) is 10.7. The van der Waals surface area contributed by atoms with Gasteiger partial charge in [-0.3, -0.25) is 14.3 Å². The second-order valence-electron chi connectivity index (χ2n) is 5.50. The molecule has 1 aromatic heterocycles. The number of carbonyl (C=O) groups is 1. The van der Waals surface area contributed by atoms with Gasteiger partial charge < -0.3 is 10.1 Å². The number of ether oxygens (including phenoxy) is 1. The largest absolute Gasteiger partial charge is 0.497 e. The average Bonchev–Trinajstić information content (AvgIpc) is 2.62. The molecule has 7 heteroatoms. The number of fused-ring (bicyclic) bond motifs is 1. The summed E-state index contributed by atoms with van der Waals surface area (Å²) in [6.45, 7) is 0.210. The summed E-state index contributed by atoms with van der Waals surface area (Å²) in [5.41, 5.74) is 0.395. The molecule has 1 amide bonds. The van der Waals surface area contributed by atoms with Gasteiger partial charge in [-0.15, -0.1) is 0 Å². The van der Waals surface area contributed by atoms with E-state index in [4.69, 9.17) is 4.74 Å². The van der Waals surface area contributed by atoms with E-state index < -0.39 is 17.2 Å². The Bertz CT molecular complexity index is 1010. The Morgan fingerprint density at radius 3 is 2.84 bits per heavy atom. The SMILES string of the molecule is COc1cccc(CNC(=O)c2nn(C)c3ccc(F)cc3c2=O)c1. The topological polar surface area (TPSA) is 73.2 Å². The van der Waals surface area contributed by atoms with E-state index in [9.17, 15) is 14.0 Å². The monoisotopic (exact) mass is 341 g/mol. The number of nitrogens with zero attached hydrogens (tertiary/aromatic N) is 2. The van der Waals surface area contributed by atoms with Gasteiger partial charge in [-0.05, 0) is 35.9 Å². The first kappa shape index (κ1) is 16.6. The van der Waals surface area contributed by atoms with Gasteiger partial charge in [0.1, 0.15) is 11.6 Å². The number of halogens is 1. The number of hydrogen-bond donors (Lipinski definition) is 1. The van der Waals surface area contributed by atoms with Gasteiger partial charge in [-0.2, -0.15) is 5.10 Å². The number of nitrogens with one attached hydrogen (secondary N) is 1. The summed E-state index contributed by atoms with van der Waals surface area (Å²) in [4.78, 5) is 24.8. The molecule has 0 aliphatic carbocycles. The quantitative estimate of drug-likeness (QED) is 0.788. The Balaban J connectivity index is 1.89. The molecule has 1 N–H and O–H groups in total. The number of aryl methyl sites for hydroxylation is 1. The molecule has 0 radical (unpaired) electrons. The fraction of sp³-hybridized carbons (Fsp3) is 0.167. The van der Waals surface area contributed by atoms with Gasteiger partial charge in [0.25, 0.3) is 5.91 Å². The fourth-order valence-corrected chi connectivity index (χ4v) is 2.55. The first-order valence-corrected chi connectivity index (χ1v) is 7.57. The van der Waals surface area contributed by atoms with Gasteiger partial charge in [0, 0.05) is 13.6 Å². The Kier molecular flexibility index (Phi) is 4.47. The molecular weight excluding hydrogens is 325 g/mol. The molecule has 3 aromatic rings. The van der Waals surface area contributed by atoms with Crippen molar-refractivity contribution in [2.45, 2.75) is 6.54 Å². The van der Waals surface area contributed by atoms with Crippen LogP contribution in [0, 0.1) is 5.82 Å². The van der Waals surface area contributed by atoms with Crippen molar-refractivity contribution in [3.05, 3.63) is 69.8 Å². The van der Waals surface area contributed by atoms with Gasteiger partial charge >= 0.3 is 0 Å². The molecule has 25 heavy (non-hydrogen) atoms. The lowest BCUT2D eigenvalue weighted by molar-refractivity contribution is 0.0943. The van der Waals surface area contributed by atoms with Crippen LogP contribution in [0.4, 0.5) is 4.39 Å². The van der Waals surface area contributed by atoms with Crippen LogP contribution in [0.2, 0.25) is 0 Å². The smallest absolute Gasteiger partial charge is 0.276 e. The molecule has 0 saturated carbocycles. The Morgan fingerprint density at radius 1 is 1.28 bits per heavy atom. The van der Waals surface area contributed by atoms with E-state index in [1.807, 2.05) is 6.07 Å². The molecule has 2 aromatic carbocycles. The van der Waals surface area contributed by atoms with Gasteiger partial charge in [0.15, 0.2) is 5.69 Å². The van der Waals surface area contributed by atoms with E-state index in [1.54, 1.807) is 32.4 Å². The highest BCUT2D eigenvalue weighted by molar-refractivity contribution is 5.95. The molecule has 0 unspecified atom stereocenters. The maximum atomic E-state index is 13.4. The summed E-state index contributed by atoms with van der Waals surface area (Å²) in [6, 6.07) is 11.0. The number of methoxy groups -OCH3 is 1. The van der Waals surface area contributed by atoms with E-state index in [2.05, 4.69) is 10.4 Å². The van der Waals surface area contributed by atoms with Crippen LogP contribution < -0.4 is 15.5 Å². The zero-order valence-corrected chi connectivity index (χ0v) is 13.7. The zero-order chi connectivity index (χ0) is 18.0. The number of hydrogen-bond acceptors (Lipinski definition) is 4. The molecule has 1 heterocycles. The first-order chi connectivity index (χ1) is 12.0. The molecule has 0 aliphatic rings. The minimum absolute atomic E-state index is 0.115. The predicted molar refractivity (Wildman–Crippen MR) is 91.1 cm³/mol. The van der Waals surface area contributed by atoms with Crippen molar-refractivity contribution in [2.24, 2.45) is 7.05 Å². The molecule has 3 rings (SSSR count). The van der Waals surface area contributed by atoms with Crippen molar-refractivity contribution in [1.82, 2.24) is 15.1 Å². The van der Waals surface area contributed by atoms with Crippen LogP contribution in [0.15, 0.2) is 47.3 Å². The van der Waals surface area contributed by atoms with Crippen molar-refractivity contribution in [3.63, 3.8) is 0 Å². The van der Waals surface area contributed by atoms with Crippen molar-refractivity contribution < 1.29 is 13.9 Å². The van der Waals surface area contributed by atoms with E-state index >= 15 is 0 Å². The van der Waals surface area contributed by atoms with Gasteiger partial charge in [0.2, 0.25) is 5.43 Å². The summed E-state index contributed by atoms with van der Waals surface area (Å²) in [6.07, 6.45) is 0. The summed E-state index contributed by atoms with van der Waals surface area (Å²) in [5.74, 6) is -0.491. The van der Waals surface area contributed by atoms with E-state index in [0.29, 0.717) is 11.3 Å². The third kappa shape index (κ3) is 3.35. The standard InChI is InChI=1S/C18H16FN3O3/c1-22-15-7-6-12(19)9-14(15)17(23)16(21-22)18(24)20-10-11-4-3-5-13(8-11)25-2/h3-9H,10H2,1-2H3,(H,20,24). The molecule has 0 spiro atoms. The number of amides is 1. The number of carbonyl (C=O) groups excluding carboxylic acids is 1. The lowest BCUT2D eigenvalue weighted by atomic mass is 10.2. The Morgan fingerprint density at radius 2 is 2.08 bits per heavy atom. The van der Waals surface area contributed by atoms with Crippen molar-refractivity contribution in [1.29, 1.82) is 0 Å². The van der Waals surface area contributed by atoms with Crippen LogP contribution >= 0.6 is 0 Å². The zero-order valence-electron chi connectivity index (χ0n) is 13.7. The van der Waals surface area contributed by atoms with Gasteiger partial charge in [-0.1, -0.05) is 12.1 Å². The molecule has 6 nitrogen and oxygen atoms in total. The first-order valence-electron chi connectivity index (χ1n) is 7.57. The Labute approximate surface area is 142 Å². The molecule has 0 bridgehead atoms. The summed E-state index contributed by atoms with van der Waals surface area (Å²) in [7, 11) is 3.15. The minimum atomic E-state index is -0.616. The molecular formula is C18H16FN3O3. The van der Waals surface area contributed by atoms with Gasteiger partial charge in [-0.25, -0.2) is 4.39 Å². The lowest BCUT2D eigenvalue weighted by Gasteiger charge is -2.09. The summed E-state index contributed by atoms with van der Waals surface area (Å²) in [5, 5.41) is 6.79. The van der Waals surface area contributed by atoms with Crippen LogP contribution in [-0.4, -0.2) is 22.8 Å². The highest BCUT2D eigenvalue weighted by Gasteiger charge is 2.16. The van der Waals surface area contributed by atoms with Crippen molar-refractivity contribution in [2.75, 3.05) is 7.11 Å². The predicted octanol–water partition coefficient (Wildman–Crippen LogP) is 2.01. The second kappa shape index (κ2) is 6.72. The van der Waals surface area contributed by atoms with Crippen LogP contribution in [0.5, 0.6) is 5.75 Å². The maximum absolute atomic E-state index is 13.4. The van der Waals surface area contributed by atoms with Crippen LogP contribution in [0.25, 0.3) is 10.9 Å². The highest BCUT2D eigenvalue weighted by atomic mass is 19.1. The average molecular weight is 341 g/mol. The highest BCUT2D eigenvalue weighted by Crippen LogP contribution is 2.13. The van der Waals surface area contributed by atoms with E-state index in [-0.39, 0.29) is 17.6 Å². The van der Waals surface area contributed by atoms with Crippen molar-refractivity contribution in [3.8, 4) is 5.75 Å². The maximum Gasteiger partial charge on any atom is 0.276 e. The van der Waals surface area contributed by atoms with Crippen LogP contribution in [-0.2, 0) is 13.6 Å². The van der Waals surface area contributed by atoms with Crippen LogP contribution in [0.1, 0.15) is 16.1 Å². The lowest BCUT2D eigenvalue weighted by Crippen LogP contribution is -2.31. The molecule has 0 atom stereocenters. The minimum Gasteiger partial charge on any atom is -0.497 e. The molecule has 128 valence electrons. The number of benzene rings is 2.